The molecule has 0 radical (unpaired) electrons. The van der Waals surface area contributed by atoms with Gasteiger partial charge in [0.2, 0.25) is 5.91 Å². The summed E-state index contributed by atoms with van der Waals surface area (Å²) in [6, 6.07) is 13.9. The van der Waals surface area contributed by atoms with E-state index in [1.54, 1.807) is 0 Å². The van der Waals surface area contributed by atoms with Gasteiger partial charge in [0.15, 0.2) is 0 Å². The lowest BCUT2D eigenvalue weighted by atomic mass is 10.0. The molecule has 1 amide bonds. The predicted octanol–water partition coefficient (Wildman–Crippen LogP) is 4.21. The molecule has 110 valence electrons. The third kappa shape index (κ3) is 4.91. The van der Waals surface area contributed by atoms with Gasteiger partial charge < -0.3 is 5.32 Å². The van der Waals surface area contributed by atoms with E-state index < -0.39 is 0 Å². The van der Waals surface area contributed by atoms with E-state index in [1.807, 2.05) is 24.3 Å². The lowest BCUT2D eigenvalue weighted by Crippen LogP contribution is -2.22. The van der Waals surface area contributed by atoms with E-state index in [9.17, 15) is 4.79 Å². The zero-order valence-corrected chi connectivity index (χ0v) is 13.2. The largest absolute Gasteiger partial charge is 0.352 e. The molecule has 0 fully saturated rings. The summed E-state index contributed by atoms with van der Waals surface area (Å²) in [7, 11) is 0. The number of aryl methyl sites for hydroxylation is 3. The maximum atomic E-state index is 11.9. The third-order valence-corrected chi connectivity index (χ3v) is 3.87. The Balaban J connectivity index is 1.79. The summed E-state index contributed by atoms with van der Waals surface area (Å²) < 4.78 is 0. The Kier molecular flexibility index (Phi) is 5.40. The molecule has 0 saturated carbocycles. The van der Waals surface area contributed by atoms with Crippen LogP contribution in [0.5, 0.6) is 0 Å². The summed E-state index contributed by atoms with van der Waals surface area (Å²) >= 11 is 5.83. The first-order valence-electron chi connectivity index (χ1n) is 7.12. The SMILES string of the molecule is Cc1ccc(CCC(=O)NCc2ccc(Cl)cc2)cc1C. The molecule has 2 rings (SSSR count). The summed E-state index contributed by atoms with van der Waals surface area (Å²) in [6.45, 7) is 4.74. The summed E-state index contributed by atoms with van der Waals surface area (Å²) in [5.41, 5.74) is 4.82. The van der Waals surface area contributed by atoms with Gasteiger partial charge in [-0.3, -0.25) is 4.79 Å². The van der Waals surface area contributed by atoms with Crippen molar-refractivity contribution >= 4 is 17.5 Å². The standard InChI is InChI=1S/C18H20ClNO/c1-13-3-4-15(11-14(13)2)7-10-18(21)20-12-16-5-8-17(19)9-6-16/h3-6,8-9,11H,7,10,12H2,1-2H3,(H,20,21). The van der Waals surface area contributed by atoms with Crippen LogP contribution >= 0.6 is 11.6 Å². The van der Waals surface area contributed by atoms with Crippen LogP contribution in [0.4, 0.5) is 0 Å². The van der Waals surface area contributed by atoms with Gasteiger partial charge in [0.1, 0.15) is 0 Å². The predicted molar refractivity (Wildman–Crippen MR) is 87.5 cm³/mol. The van der Waals surface area contributed by atoms with E-state index in [0.717, 1.165) is 12.0 Å². The zero-order valence-electron chi connectivity index (χ0n) is 12.4. The smallest absolute Gasteiger partial charge is 0.220 e. The van der Waals surface area contributed by atoms with Crippen molar-refractivity contribution in [2.24, 2.45) is 0 Å². The molecule has 0 aliphatic rings. The van der Waals surface area contributed by atoms with Crippen molar-refractivity contribution in [1.29, 1.82) is 0 Å². The minimum Gasteiger partial charge on any atom is -0.352 e. The van der Waals surface area contributed by atoms with Crippen LogP contribution < -0.4 is 5.32 Å². The Morgan fingerprint density at radius 2 is 1.67 bits per heavy atom. The molecule has 0 aliphatic carbocycles. The normalized spacial score (nSPS) is 10.4. The molecule has 1 N–H and O–H groups in total. The van der Waals surface area contributed by atoms with Crippen molar-refractivity contribution in [2.75, 3.05) is 0 Å². The van der Waals surface area contributed by atoms with Crippen molar-refractivity contribution in [3.05, 3.63) is 69.7 Å². The van der Waals surface area contributed by atoms with Crippen LogP contribution in [-0.4, -0.2) is 5.91 Å². The molecule has 2 aromatic carbocycles. The van der Waals surface area contributed by atoms with E-state index in [1.165, 1.54) is 16.7 Å². The van der Waals surface area contributed by atoms with Crippen LogP contribution in [0, 0.1) is 13.8 Å². The molecule has 0 unspecified atom stereocenters. The summed E-state index contributed by atoms with van der Waals surface area (Å²) in [6.07, 6.45) is 1.28. The maximum absolute atomic E-state index is 11.9. The molecule has 2 aromatic rings. The second-order valence-corrected chi connectivity index (χ2v) is 5.76. The molecule has 0 aliphatic heterocycles. The fraction of sp³-hybridized carbons (Fsp3) is 0.278. The molecule has 2 nitrogen and oxygen atoms in total. The molecule has 0 aromatic heterocycles. The molecule has 0 atom stereocenters. The second-order valence-electron chi connectivity index (χ2n) is 5.32. The van der Waals surface area contributed by atoms with Crippen LogP contribution in [0.1, 0.15) is 28.7 Å². The second kappa shape index (κ2) is 7.28. The molecule has 0 spiro atoms. The fourth-order valence-electron chi connectivity index (χ4n) is 2.11. The number of hydrogen-bond acceptors (Lipinski definition) is 1. The Bertz CT molecular complexity index is 620. The van der Waals surface area contributed by atoms with Crippen molar-refractivity contribution in [1.82, 2.24) is 5.32 Å². The van der Waals surface area contributed by atoms with Gasteiger partial charge in [0.05, 0.1) is 0 Å². The summed E-state index contributed by atoms with van der Waals surface area (Å²) in [4.78, 5) is 11.9. The monoisotopic (exact) mass is 301 g/mol. The maximum Gasteiger partial charge on any atom is 0.220 e. The minimum absolute atomic E-state index is 0.0724. The Labute approximate surface area is 131 Å². The molecule has 0 bridgehead atoms. The molecular formula is C18H20ClNO. The number of halogens is 1. The van der Waals surface area contributed by atoms with E-state index in [2.05, 4.69) is 37.4 Å². The highest BCUT2D eigenvalue weighted by atomic mass is 35.5. The molecule has 21 heavy (non-hydrogen) atoms. The van der Waals surface area contributed by atoms with Gasteiger partial charge in [-0.2, -0.15) is 0 Å². The average Bonchev–Trinajstić information content (AvgIpc) is 2.48. The van der Waals surface area contributed by atoms with Crippen LogP contribution in [0.2, 0.25) is 5.02 Å². The number of rotatable bonds is 5. The Morgan fingerprint density at radius 1 is 1.00 bits per heavy atom. The van der Waals surface area contributed by atoms with E-state index in [4.69, 9.17) is 11.6 Å². The quantitative estimate of drug-likeness (QED) is 0.881. The van der Waals surface area contributed by atoms with Gasteiger partial charge in [-0.05, 0) is 54.7 Å². The number of carbonyl (C=O) groups is 1. The van der Waals surface area contributed by atoms with Gasteiger partial charge >= 0.3 is 0 Å². The van der Waals surface area contributed by atoms with Gasteiger partial charge in [-0.25, -0.2) is 0 Å². The lowest BCUT2D eigenvalue weighted by Gasteiger charge is -2.07. The first-order valence-corrected chi connectivity index (χ1v) is 7.49. The summed E-state index contributed by atoms with van der Waals surface area (Å²) in [5.74, 6) is 0.0724. The van der Waals surface area contributed by atoms with Gasteiger partial charge in [0.25, 0.3) is 0 Å². The number of carbonyl (C=O) groups excluding carboxylic acids is 1. The lowest BCUT2D eigenvalue weighted by molar-refractivity contribution is -0.121. The topological polar surface area (TPSA) is 29.1 Å². The van der Waals surface area contributed by atoms with Crippen molar-refractivity contribution in [3.63, 3.8) is 0 Å². The van der Waals surface area contributed by atoms with Crippen molar-refractivity contribution < 1.29 is 4.79 Å². The van der Waals surface area contributed by atoms with Crippen molar-refractivity contribution in [2.45, 2.75) is 33.2 Å². The Morgan fingerprint density at radius 3 is 2.33 bits per heavy atom. The highest BCUT2D eigenvalue weighted by molar-refractivity contribution is 6.30. The van der Waals surface area contributed by atoms with Crippen LogP contribution in [0.3, 0.4) is 0 Å². The van der Waals surface area contributed by atoms with Gasteiger partial charge in [-0.15, -0.1) is 0 Å². The minimum atomic E-state index is 0.0724. The fourth-order valence-corrected chi connectivity index (χ4v) is 2.23. The first-order chi connectivity index (χ1) is 10.0. The molecule has 0 heterocycles. The van der Waals surface area contributed by atoms with Crippen molar-refractivity contribution in [3.8, 4) is 0 Å². The number of nitrogens with one attached hydrogen (secondary N) is 1. The highest BCUT2D eigenvalue weighted by Crippen LogP contribution is 2.12. The number of hydrogen-bond donors (Lipinski definition) is 1. The number of amides is 1. The van der Waals surface area contributed by atoms with Gasteiger partial charge in [0, 0.05) is 18.0 Å². The molecular weight excluding hydrogens is 282 g/mol. The number of benzene rings is 2. The zero-order chi connectivity index (χ0) is 15.2. The van der Waals surface area contributed by atoms with Gasteiger partial charge in [-0.1, -0.05) is 41.9 Å². The highest BCUT2D eigenvalue weighted by Gasteiger charge is 2.03. The van der Waals surface area contributed by atoms with Crippen LogP contribution in [-0.2, 0) is 17.8 Å². The van der Waals surface area contributed by atoms with Crippen LogP contribution in [0.25, 0.3) is 0 Å². The molecule has 3 heteroatoms. The first kappa shape index (κ1) is 15.6. The van der Waals surface area contributed by atoms with Crippen LogP contribution in [0.15, 0.2) is 42.5 Å². The summed E-state index contributed by atoms with van der Waals surface area (Å²) in [5, 5.41) is 3.64. The van der Waals surface area contributed by atoms with E-state index in [0.29, 0.717) is 18.0 Å². The average molecular weight is 302 g/mol. The molecule has 0 saturated heterocycles. The van der Waals surface area contributed by atoms with E-state index >= 15 is 0 Å². The van der Waals surface area contributed by atoms with E-state index in [-0.39, 0.29) is 5.91 Å². The Hall–Kier alpha value is -1.80. The third-order valence-electron chi connectivity index (χ3n) is 3.61.